The van der Waals surface area contributed by atoms with Crippen molar-refractivity contribution in [3.63, 3.8) is 0 Å². The smallest absolute Gasteiger partial charge is 0.437 e. The average molecular weight is 684 g/mol. The summed E-state index contributed by atoms with van der Waals surface area (Å²) in [6.45, 7) is 1.82. The molecule has 0 amide bonds. The molecule has 0 aliphatic carbocycles. The lowest BCUT2D eigenvalue weighted by Gasteiger charge is -2.44. The lowest BCUT2D eigenvalue weighted by molar-refractivity contribution is -0.456. The van der Waals surface area contributed by atoms with Gasteiger partial charge in [-0.05, 0) is 6.42 Å². The number of rotatable bonds is 15. The zero-order valence-corrected chi connectivity index (χ0v) is 23.8. The Morgan fingerprint density at radius 3 is 1.68 bits per heavy atom. The Bertz CT molecular complexity index is 1170. The molecule has 0 aromatic heterocycles. The fourth-order valence-corrected chi connectivity index (χ4v) is 3.77. The zero-order chi connectivity index (χ0) is 34.5. The minimum absolute atomic E-state index is 0.716. The number of carbonyl (C=O) groups excluding carboxylic acids is 4. The van der Waals surface area contributed by atoms with Crippen molar-refractivity contribution >= 4 is 33.9 Å². The van der Waals surface area contributed by atoms with Crippen LogP contribution in [0.1, 0.15) is 40.5 Å². The largest absolute Gasteiger partial charge is 0.559 e. The Hall–Kier alpha value is -2.89. The van der Waals surface area contributed by atoms with Crippen molar-refractivity contribution in [3.8, 4) is 0 Å². The quantitative estimate of drug-likeness (QED) is 0.106. The second-order valence-corrected chi connectivity index (χ2v) is 10.4. The van der Waals surface area contributed by atoms with Gasteiger partial charge in [0.15, 0.2) is 24.6 Å². The van der Waals surface area contributed by atoms with Gasteiger partial charge in [0, 0.05) is 34.1 Å². The molecular weight excluding hydrogens is 658 g/mol. The molecule has 0 spiro atoms. The first-order chi connectivity index (χ1) is 19.8. The number of hydrogen-bond acceptors (Lipinski definition) is 13. The van der Waals surface area contributed by atoms with Gasteiger partial charge in [0.25, 0.3) is 0 Å². The van der Waals surface area contributed by atoms with Crippen LogP contribution in [0.4, 0.5) is 35.1 Å². The van der Waals surface area contributed by atoms with Crippen LogP contribution in [-0.4, -0.2) is 99.6 Å². The highest BCUT2D eigenvalue weighted by Crippen LogP contribution is 2.48. The summed E-state index contributed by atoms with van der Waals surface area (Å²) in [5.41, 5.74) is 0. The Morgan fingerprint density at radius 1 is 0.750 bits per heavy atom. The maximum atomic E-state index is 14.1. The number of nitrogens with one attached hydrogen (secondary N) is 1. The molecule has 0 bridgehead atoms. The molecule has 0 aromatic rings. The average Bonchev–Trinajstić information content (AvgIpc) is 2.81. The van der Waals surface area contributed by atoms with Crippen molar-refractivity contribution in [2.24, 2.45) is 0 Å². The lowest BCUT2D eigenvalue weighted by atomic mass is 9.98. The molecular formula is C21H26F8NO13S-. The van der Waals surface area contributed by atoms with Gasteiger partial charge >= 0.3 is 47.3 Å². The third-order valence-electron chi connectivity index (χ3n) is 5.22. The van der Waals surface area contributed by atoms with Crippen LogP contribution in [-0.2, 0) is 62.4 Å². The molecule has 44 heavy (non-hydrogen) atoms. The van der Waals surface area contributed by atoms with E-state index >= 15 is 0 Å². The Morgan fingerprint density at radius 2 is 1.23 bits per heavy atom. The van der Waals surface area contributed by atoms with E-state index in [-0.39, 0.29) is 0 Å². The predicted molar refractivity (Wildman–Crippen MR) is 121 cm³/mol. The van der Waals surface area contributed by atoms with E-state index in [0.29, 0.717) is 0 Å². The molecule has 1 aliphatic heterocycles. The van der Waals surface area contributed by atoms with Crippen LogP contribution in [0.3, 0.4) is 0 Å². The van der Waals surface area contributed by atoms with Crippen molar-refractivity contribution in [3.05, 3.63) is 5.14 Å². The Kier molecular flexibility index (Phi) is 12.9. The third kappa shape index (κ3) is 10.1. The summed E-state index contributed by atoms with van der Waals surface area (Å²) in [7, 11) is -6.85. The normalized spacial score (nSPS) is 23.4. The van der Waals surface area contributed by atoms with Gasteiger partial charge in [0.1, 0.15) is 22.7 Å². The van der Waals surface area contributed by atoms with Crippen LogP contribution < -0.4 is 0 Å². The molecule has 256 valence electrons. The molecule has 0 radical (unpaired) electrons. The third-order valence-corrected chi connectivity index (χ3v) is 6.14. The van der Waals surface area contributed by atoms with E-state index in [0.717, 1.165) is 27.7 Å². The summed E-state index contributed by atoms with van der Waals surface area (Å²) in [6, 6.07) is 0. The molecule has 1 aliphatic rings. The minimum Gasteiger partial charge on any atom is -0.559 e. The first-order valence-corrected chi connectivity index (χ1v) is 13.4. The van der Waals surface area contributed by atoms with Gasteiger partial charge in [-0.1, -0.05) is 0 Å². The highest BCUT2D eigenvalue weighted by atomic mass is 32.2. The number of carbonyl (C=O) groups is 4. The minimum atomic E-state index is -6.85. The first kappa shape index (κ1) is 39.1. The zero-order valence-electron chi connectivity index (χ0n) is 23.0. The molecule has 14 nitrogen and oxygen atoms in total. The second kappa shape index (κ2) is 14.5. The summed E-state index contributed by atoms with van der Waals surface area (Å²) in [5, 5.41) is -0.643. The number of hydrogen-bond donors (Lipinski definition) is 0. The fraction of sp³-hybridized carbons (Fsp3) is 0.810. The second-order valence-electron chi connectivity index (χ2n) is 8.90. The maximum absolute atomic E-state index is 14.1. The van der Waals surface area contributed by atoms with Crippen molar-refractivity contribution in [2.45, 2.75) is 94.6 Å². The van der Waals surface area contributed by atoms with Crippen LogP contribution >= 0.6 is 0 Å². The van der Waals surface area contributed by atoms with Gasteiger partial charge in [-0.15, -0.1) is 0 Å². The van der Waals surface area contributed by atoms with E-state index in [2.05, 4.69) is 4.74 Å². The molecule has 0 aromatic carbocycles. The molecule has 1 heterocycles. The number of alkyl halides is 8. The van der Waals surface area contributed by atoms with E-state index in [1.54, 1.807) is 0 Å². The van der Waals surface area contributed by atoms with Crippen LogP contribution in [0.2, 0.25) is 0 Å². The first-order valence-electron chi connectivity index (χ1n) is 11.9. The van der Waals surface area contributed by atoms with E-state index in [9.17, 15) is 62.7 Å². The molecule has 1 N–H and O–H groups in total. The van der Waals surface area contributed by atoms with Crippen molar-refractivity contribution in [2.75, 3.05) is 13.2 Å². The predicted octanol–water partition coefficient (Wildman–Crippen LogP) is 2.68. The molecule has 1 rings (SSSR count). The van der Waals surface area contributed by atoms with Crippen molar-refractivity contribution < 1.29 is 95.9 Å². The van der Waals surface area contributed by atoms with Gasteiger partial charge in [-0.25, -0.2) is 13.2 Å². The maximum Gasteiger partial charge on any atom is 0.437 e. The molecule has 1 saturated heterocycles. The van der Waals surface area contributed by atoms with Crippen LogP contribution in [0.15, 0.2) is 0 Å². The topological polar surface area (TPSA) is 191 Å². The molecule has 1 fully saturated rings. The highest BCUT2D eigenvalue weighted by Gasteiger charge is 2.71. The molecule has 2 unspecified atom stereocenters. The summed E-state index contributed by atoms with van der Waals surface area (Å²) in [6.07, 6.45) is -25.3. The highest BCUT2D eigenvalue weighted by molar-refractivity contribution is 7.94. The Balaban J connectivity index is 3.18. The van der Waals surface area contributed by atoms with Gasteiger partial charge < -0.3 is 33.6 Å². The van der Waals surface area contributed by atoms with Crippen molar-refractivity contribution in [1.82, 2.24) is 0 Å². The summed E-state index contributed by atoms with van der Waals surface area (Å²) >= 11 is 0. The number of halogens is 8. The lowest BCUT2D eigenvalue weighted by Crippen LogP contribution is -2.63. The van der Waals surface area contributed by atoms with Crippen LogP contribution in [0.5, 0.6) is 0 Å². The van der Waals surface area contributed by atoms with Gasteiger partial charge in [-0.2, -0.15) is 35.1 Å². The number of sulfonamides is 1. The summed E-state index contributed by atoms with van der Waals surface area (Å²) < 4.78 is 163. The van der Waals surface area contributed by atoms with E-state index in [4.69, 9.17) is 33.6 Å². The van der Waals surface area contributed by atoms with Crippen LogP contribution in [0, 0.1) is 0 Å². The SMILES string of the molecule is CC(=O)OCC1O[C@@H](OCCCC(F)(F)C(F)(F)OC(F)(F)C(F)(F)S([NH-])(=O)=O)C(OC(C)=O)[C@@H](OC(C)=O)[C@H]1OC(C)=O. The van der Waals surface area contributed by atoms with Gasteiger partial charge in [0.05, 0.1) is 6.61 Å². The fourth-order valence-electron chi connectivity index (χ4n) is 3.41. The van der Waals surface area contributed by atoms with E-state index in [1.807, 2.05) is 0 Å². The monoisotopic (exact) mass is 684 g/mol. The van der Waals surface area contributed by atoms with E-state index in [1.165, 1.54) is 0 Å². The standard InChI is InChI=1S/C21H26F8NO13S/c1-9(31)38-8-13-14(39-10(2)32)15(40-11(3)33)16(41-12(4)34)17(42-13)37-7-5-6-18(22,23)19(24,25)43-20(26,27)21(28,29)44(30,35)36/h13-17H,5-8H2,1-4H3,(H-,30,35,36)/q-1/t13?,14-,15-,16?,17+/m0/s1. The summed E-state index contributed by atoms with van der Waals surface area (Å²) in [4.78, 5) is 46.5. The van der Waals surface area contributed by atoms with E-state index < -0.39 is 114 Å². The van der Waals surface area contributed by atoms with Gasteiger partial charge in [-0.3, -0.25) is 19.2 Å². The molecule has 5 atom stereocenters. The Labute approximate surface area is 243 Å². The number of ether oxygens (including phenoxy) is 7. The van der Waals surface area contributed by atoms with Gasteiger partial charge in [0.2, 0.25) is 0 Å². The summed E-state index contributed by atoms with van der Waals surface area (Å²) in [5.74, 6) is -9.67. The van der Waals surface area contributed by atoms with Crippen molar-refractivity contribution in [1.29, 1.82) is 0 Å². The van der Waals surface area contributed by atoms with Crippen LogP contribution in [0.25, 0.3) is 5.14 Å². The molecule has 0 saturated carbocycles. The molecule has 23 heteroatoms. The number of esters is 4.